The molecule has 0 aliphatic carbocycles. The number of rotatable bonds is 5. The molecule has 3 aromatic heterocycles. The summed E-state index contributed by atoms with van der Waals surface area (Å²) in [7, 11) is 0. The molecule has 12 aromatic rings. The van der Waals surface area contributed by atoms with E-state index in [1.807, 2.05) is 18.2 Å². The van der Waals surface area contributed by atoms with E-state index in [4.69, 9.17) is 14.4 Å². The van der Waals surface area contributed by atoms with E-state index < -0.39 is 6.17 Å². The minimum atomic E-state index is -0.403. The van der Waals surface area contributed by atoms with Crippen molar-refractivity contribution in [2.24, 2.45) is 9.98 Å². The van der Waals surface area contributed by atoms with Gasteiger partial charge in [0.2, 0.25) is 0 Å². The maximum atomic E-state index is 6.29. The van der Waals surface area contributed by atoms with Crippen LogP contribution in [0.25, 0.3) is 87.7 Å². The van der Waals surface area contributed by atoms with Crippen LogP contribution in [0, 0.1) is 0 Å². The lowest BCUT2D eigenvalue weighted by molar-refractivity contribution is 0.669. The zero-order valence-electron chi connectivity index (χ0n) is 32.8. The van der Waals surface area contributed by atoms with Crippen molar-refractivity contribution in [2.45, 2.75) is 6.17 Å². The summed E-state index contributed by atoms with van der Waals surface area (Å²) in [5, 5.41) is 13.0. The van der Waals surface area contributed by atoms with Gasteiger partial charge in [-0.3, -0.25) is 0 Å². The lowest BCUT2D eigenvalue weighted by atomic mass is 9.99. The summed E-state index contributed by atoms with van der Waals surface area (Å²) in [5.74, 6) is 1.44. The van der Waals surface area contributed by atoms with Crippen LogP contribution >= 0.6 is 0 Å². The van der Waals surface area contributed by atoms with Gasteiger partial charge >= 0.3 is 0 Å². The van der Waals surface area contributed by atoms with Gasteiger partial charge in [0.25, 0.3) is 0 Å². The molecule has 0 spiro atoms. The molecular formula is C55H35N5O. The third-order valence-corrected chi connectivity index (χ3v) is 12.3. The fourth-order valence-corrected chi connectivity index (χ4v) is 9.64. The van der Waals surface area contributed by atoms with Gasteiger partial charge in [0, 0.05) is 60.4 Å². The number of hydrogen-bond acceptors (Lipinski definition) is 4. The number of furan rings is 1. The van der Waals surface area contributed by atoms with Crippen molar-refractivity contribution in [3.8, 4) is 11.4 Å². The maximum absolute atomic E-state index is 6.29. The molecule has 0 saturated carbocycles. The minimum absolute atomic E-state index is 0.403. The largest absolute Gasteiger partial charge is 0.456 e. The van der Waals surface area contributed by atoms with Gasteiger partial charge < -0.3 is 18.9 Å². The Labute approximate surface area is 349 Å². The molecule has 4 heterocycles. The van der Waals surface area contributed by atoms with Crippen LogP contribution in [-0.2, 0) is 0 Å². The highest BCUT2D eigenvalue weighted by molar-refractivity contribution is 6.24. The average molecular weight is 782 g/mol. The van der Waals surface area contributed by atoms with Gasteiger partial charge in [-0.25, -0.2) is 9.98 Å². The van der Waals surface area contributed by atoms with E-state index in [0.717, 1.165) is 77.6 Å². The zero-order valence-corrected chi connectivity index (χ0v) is 32.8. The normalized spacial score (nSPS) is 14.4. The number of benzene rings is 9. The molecule has 6 heteroatoms. The van der Waals surface area contributed by atoms with Gasteiger partial charge in [-0.2, -0.15) is 0 Å². The van der Waals surface area contributed by atoms with Crippen molar-refractivity contribution in [1.29, 1.82) is 0 Å². The lowest BCUT2D eigenvalue weighted by Crippen LogP contribution is -2.33. The van der Waals surface area contributed by atoms with Crippen LogP contribution in [-0.4, -0.2) is 20.8 Å². The van der Waals surface area contributed by atoms with Crippen LogP contribution in [0.5, 0.6) is 0 Å². The minimum Gasteiger partial charge on any atom is -0.456 e. The summed E-state index contributed by atoms with van der Waals surface area (Å²) in [6, 6.07) is 70.9. The molecule has 6 nitrogen and oxygen atoms in total. The molecule has 9 aromatic carbocycles. The van der Waals surface area contributed by atoms with Crippen LogP contribution in [0.3, 0.4) is 0 Å². The molecule has 0 amide bonds. The fraction of sp³-hybridized carbons (Fsp3) is 0.0182. The first-order chi connectivity index (χ1) is 30.2. The highest BCUT2D eigenvalue weighted by Crippen LogP contribution is 2.42. The molecule has 1 aliphatic rings. The van der Waals surface area contributed by atoms with Crippen LogP contribution < -0.4 is 5.32 Å². The second-order valence-electron chi connectivity index (χ2n) is 15.8. The Balaban J connectivity index is 1.04. The van der Waals surface area contributed by atoms with E-state index in [1.165, 1.54) is 32.6 Å². The number of hydrogen-bond donors (Lipinski definition) is 1. The molecular weight excluding hydrogens is 747 g/mol. The molecule has 0 bridgehead atoms. The first-order valence-corrected chi connectivity index (χ1v) is 20.7. The summed E-state index contributed by atoms with van der Waals surface area (Å²) in [6.07, 6.45) is -0.403. The predicted molar refractivity (Wildman–Crippen MR) is 252 cm³/mol. The van der Waals surface area contributed by atoms with Crippen molar-refractivity contribution in [3.63, 3.8) is 0 Å². The standard InChI is InChI=1S/C55H35N5O/c1-3-15-34(16-4-1)53-56-54(58-55(57-53)44-25-14-17-35-32-50-46(33-45(35)44)41-24-9-12-28-49(41)61-50)36-18-13-21-38(31-36)60-48-27-11-8-23-40(48)43-30-29-42-39-22-7-10-26-47(39)59(51(42)52(43)60)37-19-5-2-6-20-37/h1-33,55H,(H,56,57,58). The van der Waals surface area contributed by atoms with E-state index in [0.29, 0.717) is 5.84 Å². The molecule has 0 fully saturated rings. The second kappa shape index (κ2) is 13.1. The number of para-hydroxylation sites is 4. The van der Waals surface area contributed by atoms with Crippen molar-refractivity contribution in [3.05, 3.63) is 217 Å². The van der Waals surface area contributed by atoms with E-state index in [-0.39, 0.29) is 0 Å². The number of aliphatic imine (C=N–C) groups is 2. The van der Waals surface area contributed by atoms with E-state index >= 15 is 0 Å². The van der Waals surface area contributed by atoms with Gasteiger partial charge in [-0.15, -0.1) is 0 Å². The predicted octanol–water partition coefficient (Wildman–Crippen LogP) is 13.4. The number of nitrogens with one attached hydrogen (secondary N) is 1. The lowest BCUT2D eigenvalue weighted by Gasteiger charge is -2.25. The molecule has 1 unspecified atom stereocenters. The quantitative estimate of drug-likeness (QED) is 0.189. The number of nitrogens with zero attached hydrogens (tertiary/aromatic N) is 4. The Kier molecular flexibility index (Phi) is 7.27. The van der Waals surface area contributed by atoms with Crippen LogP contribution in [0.4, 0.5) is 0 Å². The van der Waals surface area contributed by atoms with Crippen molar-refractivity contribution in [2.75, 3.05) is 0 Å². The van der Waals surface area contributed by atoms with Gasteiger partial charge in [0.05, 0.1) is 22.1 Å². The number of fused-ring (bicyclic) bond motifs is 11. The average Bonchev–Trinajstić information content (AvgIpc) is 3.98. The molecule has 0 radical (unpaired) electrons. The second-order valence-corrected chi connectivity index (χ2v) is 15.8. The Morgan fingerprint density at radius 2 is 1.03 bits per heavy atom. The smallest absolute Gasteiger partial charge is 0.159 e. The summed E-state index contributed by atoms with van der Waals surface area (Å²) >= 11 is 0. The van der Waals surface area contributed by atoms with Crippen molar-refractivity contribution < 1.29 is 4.42 Å². The molecule has 1 aliphatic heterocycles. The zero-order chi connectivity index (χ0) is 40.0. The molecule has 13 rings (SSSR count). The SMILES string of the molecule is c1ccc(C2=NC(c3cccc(-n4c5ccccc5c5ccc6c7ccccc7n(-c7ccccc7)c6c54)c3)=NC(c3cccc4cc5oc6ccccc6c5cc34)N2)cc1. The third kappa shape index (κ3) is 5.15. The Bertz CT molecular complexity index is 3800. The van der Waals surface area contributed by atoms with Gasteiger partial charge in [-0.05, 0) is 65.4 Å². The van der Waals surface area contributed by atoms with Crippen LogP contribution in [0.2, 0.25) is 0 Å². The van der Waals surface area contributed by atoms with E-state index in [2.05, 4.69) is 196 Å². The Hall–Kier alpha value is -8.22. The molecule has 286 valence electrons. The van der Waals surface area contributed by atoms with Gasteiger partial charge in [0.1, 0.15) is 23.2 Å². The van der Waals surface area contributed by atoms with E-state index in [1.54, 1.807) is 0 Å². The Morgan fingerprint density at radius 1 is 0.426 bits per heavy atom. The van der Waals surface area contributed by atoms with E-state index in [9.17, 15) is 0 Å². The first kappa shape index (κ1) is 33.7. The summed E-state index contributed by atoms with van der Waals surface area (Å²) in [5.41, 5.74) is 11.6. The summed E-state index contributed by atoms with van der Waals surface area (Å²) < 4.78 is 11.1. The summed E-state index contributed by atoms with van der Waals surface area (Å²) in [4.78, 5) is 10.7. The molecule has 0 saturated heterocycles. The monoisotopic (exact) mass is 781 g/mol. The van der Waals surface area contributed by atoms with Gasteiger partial charge in [0.15, 0.2) is 5.84 Å². The van der Waals surface area contributed by atoms with Gasteiger partial charge in [-0.1, -0.05) is 146 Å². The summed E-state index contributed by atoms with van der Waals surface area (Å²) in [6.45, 7) is 0. The third-order valence-electron chi connectivity index (χ3n) is 12.3. The Morgan fingerprint density at radius 3 is 1.79 bits per heavy atom. The highest BCUT2D eigenvalue weighted by atomic mass is 16.3. The van der Waals surface area contributed by atoms with Crippen LogP contribution in [0.1, 0.15) is 22.9 Å². The highest BCUT2D eigenvalue weighted by Gasteiger charge is 2.25. The van der Waals surface area contributed by atoms with Crippen molar-refractivity contribution >= 4 is 88.0 Å². The maximum Gasteiger partial charge on any atom is 0.159 e. The molecule has 1 atom stereocenters. The fourth-order valence-electron chi connectivity index (χ4n) is 9.64. The molecule has 61 heavy (non-hydrogen) atoms. The molecule has 1 N–H and O–H groups in total. The number of aromatic nitrogens is 2. The first-order valence-electron chi connectivity index (χ1n) is 20.7. The van der Waals surface area contributed by atoms with Crippen molar-refractivity contribution in [1.82, 2.24) is 14.5 Å². The topological polar surface area (TPSA) is 59.8 Å². The van der Waals surface area contributed by atoms with Crippen LogP contribution in [0.15, 0.2) is 215 Å². The number of amidine groups is 2.